The number of aromatic hydroxyl groups is 1. The van der Waals surface area contributed by atoms with Gasteiger partial charge in [0.1, 0.15) is 0 Å². The number of nitrogens with one attached hydrogen (secondary N) is 1. The zero-order chi connectivity index (χ0) is 18.0. The molecule has 0 spiro atoms. The van der Waals surface area contributed by atoms with Crippen LogP contribution in [0.25, 0.3) is 0 Å². The van der Waals surface area contributed by atoms with Gasteiger partial charge in [-0.25, -0.2) is 0 Å². The molecule has 0 radical (unpaired) electrons. The lowest BCUT2D eigenvalue weighted by molar-refractivity contribution is -0.114. The normalized spacial score (nSPS) is 17.8. The SMILES string of the molecule is CCCN1C(=S)NC(c2ccc(OC)c(O)c2Cl)C(C(C)=O)=C1C. The highest BCUT2D eigenvalue weighted by Gasteiger charge is 2.33. The number of rotatable bonds is 5. The summed E-state index contributed by atoms with van der Waals surface area (Å²) in [6.45, 7) is 6.17. The Morgan fingerprint density at radius 2 is 2.17 bits per heavy atom. The second-order valence-electron chi connectivity index (χ2n) is 5.61. The molecule has 1 atom stereocenters. The minimum Gasteiger partial charge on any atom is -0.503 e. The standard InChI is InChI=1S/C17H21ClN2O3S/c1-5-8-20-9(2)13(10(3)21)15(19-17(20)24)11-6-7-12(23-4)16(22)14(11)18/h6-7,15,22H,5,8H2,1-4H3,(H,19,24). The number of phenols is 1. The lowest BCUT2D eigenvalue weighted by atomic mass is 9.92. The number of allylic oxidation sites excluding steroid dienone is 1. The van der Waals surface area contributed by atoms with E-state index in [1.165, 1.54) is 14.0 Å². The summed E-state index contributed by atoms with van der Waals surface area (Å²) in [6.07, 6.45) is 0.902. The van der Waals surface area contributed by atoms with Crippen molar-refractivity contribution in [1.29, 1.82) is 0 Å². The van der Waals surface area contributed by atoms with E-state index in [4.69, 9.17) is 28.6 Å². The van der Waals surface area contributed by atoms with Crippen LogP contribution < -0.4 is 10.1 Å². The van der Waals surface area contributed by atoms with Crippen LogP contribution in [0.1, 0.15) is 38.8 Å². The minimum absolute atomic E-state index is 0.0695. The summed E-state index contributed by atoms with van der Waals surface area (Å²) in [5.41, 5.74) is 1.98. The molecular formula is C17H21ClN2O3S. The number of halogens is 1. The summed E-state index contributed by atoms with van der Waals surface area (Å²) in [5.74, 6) is 0.0562. The van der Waals surface area contributed by atoms with E-state index in [0.29, 0.717) is 16.2 Å². The predicted molar refractivity (Wildman–Crippen MR) is 98.5 cm³/mol. The smallest absolute Gasteiger partial charge is 0.177 e. The first-order chi connectivity index (χ1) is 11.3. The summed E-state index contributed by atoms with van der Waals surface area (Å²) in [4.78, 5) is 14.2. The van der Waals surface area contributed by atoms with E-state index in [0.717, 1.165) is 18.7 Å². The molecule has 0 fully saturated rings. The molecule has 0 amide bonds. The monoisotopic (exact) mass is 368 g/mol. The molecule has 1 aliphatic rings. The van der Waals surface area contributed by atoms with Gasteiger partial charge in [-0.3, -0.25) is 4.79 Å². The number of benzene rings is 1. The van der Waals surface area contributed by atoms with Crippen LogP contribution in [0.4, 0.5) is 0 Å². The molecule has 1 heterocycles. The third-order valence-corrected chi connectivity index (χ3v) is 4.80. The van der Waals surface area contributed by atoms with Crippen LogP contribution in [0.15, 0.2) is 23.4 Å². The fraction of sp³-hybridized carbons (Fsp3) is 0.412. The van der Waals surface area contributed by atoms with Gasteiger partial charge < -0.3 is 20.1 Å². The van der Waals surface area contributed by atoms with Crippen LogP contribution in [0.2, 0.25) is 5.02 Å². The zero-order valence-corrected chi connectivity index (χ0v) is 15.7. The van der Waals surface area contributed by atoms with Gasteiger partial charge in [-0.15, -0.1) is 0 Å². The van der Waals surface area contributed by atoms with Crippen LogP contribution >= 0.6 is 23.8 Å². The van der Waals surface area contributed by atoms with Crippen molar-refractivity contribution < 1.29 is 14.6 Å². The Balaban J connectivity index is 2.59. The highest BCUT2D eigenvalue weighted by molar-refractivity contribution is 7.80. The quantitative estimate of drug-likeness (QED) is 0.775. The molecule has 5 nitrogen and oxygen atoms in total. The van der Waals surface area contributed by atoms with Crippen molar-refractivity contribution in [1.82, 2.24) is 10.2 Å². The summed E-state index contributed by atoms with van der Waals surface area (Å²) in [5, 5.41) is 14.0. The van der Waals surface area contributed by atoms with Gasteiger partial charge in [0.15, 0.2) is 22.4 Å². The lowest BCUT2D eigenvalue weighted by Gasteiger charge is -2.38. The Hall–Kier alpha value is -1.79. The van der Waals surface area contributed by atoms with E-state index in [2.05, 4.69) is 5.32 Å². The lowest BCUT2D eigenvalue weighted by Crippen LogP contribution is -2.47. The van der Waals surface area contributed by atoms with E-state index in [1.807, 2.05) is 18.7 Å². The Bertz CT molecular complexity index is 718. The van der Waals surface area contributed by atoms with Gasteiger partial charge in [-0.1, -0.05) is 24.6 Å². The Kier molecular flexibility index (Phi) is 5.72. The Morgan fingerprint density at radius 1 is 1.50 bits per heavy atom. The van der Waals surface area contributed by atoms with Gasteiger partial charge in [0.2, 0.25) is 0 Å². The average Bonchev–Trinajstić information content (AvgIpc) is 2.53. The van der Waals surface area contributed by atoms with Gasteiger partial charge in [0.05, 0.1) is 18.2 Å². The minimum atomic E-state index is -0.507. The van der Waals surface area contributed by atoms with E-state index < -0.39 is 6.04 Å². The molecule has 7 heteroatoms. The van der Waals surface area contributed by atoms with Crippen LogP contribution in [-0.4, -0.2) is 34.6 Å². The molecule has 0 aromatic heterocycles. The topological polar surface area (TPSA) is 61.8 Å². The third-order valence-electron chi connectivity index (χ3n) is 4.06. The molecule has 1 aromatic carbocycles. The van der Waals surface area contributed by atoms with E-state index in [1.54, 1.807) is 12.1 Å². The predicted octanol–water partition coefficient (Wildman–Crippen LogP) is 3.56. The van der Waals surface area contributed by atoms with Crippen LogP contribution in [0.5, 0.6) is 11.5 Å². The Morgan fingerprint density at radius 3 is 2.71 bits per heavy atom. The highest BCUT2D eigenvalue weighted by atomic mass is 35.5. The second-order valence-corrected chi connectivity index (χ2v) is 6.37. The molecule has 1 aromatic rings. The van der Waals surface area contributed by atoms with Gasteiger partial charge >= 0.3 is 0 Å². The van der Waals surface area contributed by atoms with Crippen molar-refractivity contribution in [2.45, 2.75) is 33.2 Å². The number of hydrogen-bond acceptors (Lipinski definition) is 4. The number of ketones is 1. The molecule has 2 N–H and O–H groups in total. The largest absolute Gasteiger partial charge is 0.503 e. The van der Waals surface area contributed by atoms with Crippen LogP contribution in [0, 0.1) is 0 Å². The van der Waals surface area contributed by atoms with Crippen LogP contribution in [0.3, 0.4) is 0 Å². The van der Waals surface area contributed by atoms with Crippen molar-refractivity contribution in [2.75, 3.05) is 13.7 Å². The van der Waals surface area contributed by atoms with Crippen molar-refractivity contribution in [2.24, 2.45) is 0 Å². The molecule has 24 heavy (non-hydrogen) atoms. The van der Waals surface area contributed by atoms with Gasteiger partial charge in [-0.2, -0.15) is 0 Å². The first-order valence-corrected chi connectivity index (χ1v) is 8.47. The number of carbonyl (C=O) groups excluding carboxylic acids is 1. The number of ether oxygens (including phenoxy) is 1. The van der Waals surface area contributed by atoms with Crippen molar-refractivity contribution in [3.8, 4) is 11.5 Å². The number of phenolic OH excluding ortho intramolecular Hbond substituents is 1. The molecule has 1 unspecified atom stereocenters. The summed E-state index contributed by atoms with van der Waals surface area (Å²) in [6, 6.07) is 2.84. The molecule has 0 saturated heterocycles. The Labute approximate surface area is 152 Å². The van der Waals surface area contributed by atoms with E-state index in [9.17, 15) is 9.90 Å². The van der Waals surface area contributed by atoms with Crippen molar-refractivity contribution in [3.05, 3.63) is 34.0 Å². The third kappa shape index (κ3) is 3.21. The molecule has 130 valence electrons. The first kappa shape index (κ1) is 18.5. The maximum Gasteiger partial charge on any atom is 0.177 e. The summed E-state index contributed by atoms with van der Waals surface area (Å²) < 4.78 is 5.07. The number of nitrogens with zero attached hydrogens (tertiary/aromatic N) is 1. The molecule has 0 aliphatic carbocycles. The molecule has 1 aliphatic heterocycles. The first-order valence-electron chi connectivity index (χ1n) is 7.68. The van der Waals surface area contributed by atoms with Gasteiger partial charge in [-0.05, 0) is 38.6 Å². The number of thiocarbonyl (C=S) groups is 1. The molecule has 2 rings (SSSR count). The molecule has 0 bridgehead atoms. The molecular weight excluding hydrogens is 348 g/mol. The fourth-order valence-electron chi connectivity index (χ4n) is 2.91. The number of Topliss-reactive ketones (excluding diaryl/α,β-unsaturated/α-hetero) is 1. The maximum atomic E-state index is 12.3. The van der Waals surface area contributed by atoms with E-state index >= 15 is 0 Å². The second kappa shape index (κ2) is 7.40. The molecule has 0 saturated carbocycles. The van der Waals surface area contributed by atoms with Crippen molar-refractivity contribution in [3.63, 3.8) is 0 Å². The maximum absolute atomic E-state index is 12.3. The summed E-state index contributed by atoms with van der Waals surface area (Å²) >= 11 is 11.8. The number of methoxy groups -OCH3 is 1. The average molecular weight is 369 g/mol. The highest BCUT2D eigenvalue weighted by Crippen LogP contribution is 2.42. The van der Waals surface area contributed by atoms with E-state index in [-0.39, 0.29) is 22.3 Å². The van der Waals surface area contributed by atoms with Gasteiger partial charge in [0, 0.05) is 23.4 Å². The van der Waals surface area contributed by atoms with Crippen LogP contribution in [-0.2, 0) is 4.79 Å². The zero-order valence-electron chi connectivity index (χ0n) is 14.1. The summed E-state index contributed by atoms with van der Waals surface area (Å²) in [7, 11) is 1.45. The number of carbonyl (C=O) groups is 1. The number of hydrogen-bond donors (Lipinski definition) is 2. The fourth-order valence-corrected chi connectivity index (χ4v) is 3.53. The van der Waals surface area contributed by atoms with Crippen molar-refractivity contribution >= 4 is 34.7 Å². The van der Waals surface area contributed by atoms with Gasteiger partial charge in [0.25, 0.3) is 0 Å².